The van der Waals surface area contributed by atoms with Crippen molar-refractivity contribution in [3.63, 3.8) is 0 Å². The number of hydrogen-bond donors (Lipinski definition) is 1. The normalized spacial score (nSPS) is 12.1. The Kier molecular flexibility index (Phi) is 5.53. The highest BCUT2D eigenvalue weighted by molar-refractivity contribution is 7.79. The van der Waals surface area contributed by atoms with Crippen LogP contribution in [0.1, 0.15) is 22.3 Å². The van der Waals surface area contributed by atoms with Gasteiger partial charge < -0.3 is 9.67 Å². The van der Waals surface area contributed by atoms with Gasteiger partial charge in [-0.25, -0.2) is 0 Å². The summed E-state index contributed by atoms with van der Waals surface area (Å²) in [7, 11) is -3.27. The van der Waals surface area contributed by atoms with Crippen molar-refractivity contribution < 1.29 is 9.67 Å². The number of para-hydroxylation sites is 1. The van der Waals surface area contributed by atoms with E-state index >= 15 is 4.57 Å². The van der Waals surface area contributed by atoms with Crippen LogP contribution in [-0.4, -0.2) is 5.11 Å². The highest BCUT2D eigenvalue weighted by Crippen LogP contribution is 2.61. The van der Waals surface area contributed by atoms with Crippen LogP contribution in [0.5, 0.6) is 5.75 Å². The van der Waals surface area contributed by atoms with Crippen molar-refractivity contribution in [2.24, 2.45) is 0 Å². The molecule has 1 N–H and O–H groups in total. The summed E-state index contributed by atoms with van der Waals surface area (Å²) < 4.78 is 15.0. The first-order valence-corrected chi connectivity index (χ1v) is 11.4. The lowest BCUT2D eigenvalue weighted by molar-refractivity contribution is 0.468. The number of rotatable bonds is 5. The number of benzene rings is 4. The van der Waals surface area contributed by atoms with Gasteiger partial charge in [-0.2, -0.15) is 5.26 Å². The van der Waals surface area contributed by atoms with Crippen LogP contribution in [-0.2, 0) is 4.57 Å². The van der Waals surface area contributed by atoms with Gasteiger partial charge in [-0.3, -0.25) is 0 Å². The summed E-state index contributed by atoms with van der Waals surface area (Å²) in [6.45, 7) is 0. The summed E-state index contributed by atoms with van der Waals surface area (Å²) >= 11 is 0. The van der Waals surface area contributed by atoms with E-state index in [0.29, 0.717) is 21.7 Å². The van der Waals surface area contributed by atoms with Gasteiger partial charge in [0.25, 0.3) is 0 Å². The summed E-state index contributed by atoms with van der Waals surface area (Å²) in [5.41, 5.74) is 1.31. The van der Waals surface area contributed by atoms with Gasteiger partial charge in [0.15, 0.2) is 7.14 Å². The Morgan fingerprint density at radius 1 is 0.700 bits per heavy atom. The maximum Gasteiger partial charge on any atom is 0.154 e. The van der Waals surface area contributed by atoms with E-state index in [2.05, 4.69) is 6.07 Å². The summed E-state index contributed by atoms with van der Waals surface area (Å²) in [6, 6.07) is 35.1. The fourth-order valence-corrected chi connectivity index (χ4v) is 7.12. The van der Waals surface area contributed by atoms with Crippen molar-refractivity contribution in [1.82, 2.24) is 0 Å². The van der Waals surface area contributed by atoms with Crippen molar-refractivity contribution in [1.29, 1.82) is 5.26 Å². The Labute approximate surface area is 176 Å². The van der Waals surface area contributed by atoms with Crippen LogP contribution in [0.4, 0.5) is 0 Å². The third-order valence-corrected chi connectivity index (χ3v) is 8.66. The third kappa shape index (κ3) is 3.54. The van der Waals surface area contributed by atoms with E-state index < -0.39 is 12.8 Å². The summed E-state index contributed by atoms with van der Waals surface area (Å²) in [6.07, 6.45) is 0. The van der Waals surface area contributed by atoms with Crippen LogP contribution in [0.25, 0.3) is 0 Å². The third-order valence-electron chi connectivity index (χ3n) is 5.23. The van der Waals surface area contributed by atoms with Crippen LogP contribution in [0.3, 0.4) is 0 Å². The van der Waals surface area contributed by atoms with E-state index in [0.717, 1.165) is 5.56 Å². The molecule has 146 valence electrons. The first kappa shape index (κ1) is 19.7. The van der Waals surface area contributed by atoms with Gasteiger partial charge in [-0.1, -0.05) is 91.0 Å². The van der Waals surface area contributed by atoms with Crippen LogP contribution in [0, 0.1) is 11.3 Å². The predicted octanol–water partition coefficient (Wildman–Crippen LogP) is 5.37. The van der Waals surface area contributed by atoms with Crippen LogP contribution >= 0.6 is 7.14 Å². The monoisotopic (exact) mass is 409 g/mol. The lowest BCUT2D eigenvalue weighted by Gasteiger charge is -2.30. The van der Waals surface area contributed by atoms with Crippen LogP contribution in [0.2, 0.25) is 0 Å². The maximum absolute atomic E-state index is 15.0. The SMILES string of the molecule is N#Cc1ccc(C(c2ccccc2O)P(=O)(c2ccccc2)c2ccccc2)cc1. The largest absolute Gasteiger partial charge is 0.508 e. The second-order valence-corrected chi connectivity index (χ2v) is 9.89. The molecule has 0 saturated carbocycles. The Morgan fingerprint density at radius 3 is 1.70 bits per heavy atom. The second kappa shape index (κ2) is 8.41. The molecular formula is C26H20NO2P. The number of nitrogens with zero attached hydrogens (tertiary/aromatic N) is 1. The number of phenolic OH excluding ortho intramolecular Hbond substituents is 1. The number of hydrogen-bond acceptors (Lipinski definition) is 3. The van der Waals surface area contributed by atoms with Crippen molar-refractivity contribution in [3.05, 3.63) is 126 Å². The summed E-state index contributed by atoms with van der Waals surface area (Å²) in [5.74, 6) is 0.0962. The first-order valence-electron chi connectivity index (χ1n) is 9.63. The Morgan fingerprint density at radius 2 is 1.20 bits per heavy atom. The van der Waals surface area contributed by atoms with E-state index in [1.165, 1.54) is 0 Å². The van der Waals surface area contributed by atoms with Gasteiger partial charge in [0, 0.05) is 16.2 Å². The molecule has 4 aromatic carbocycles. The average Bonchev–Trinajstić information content (AvgIpc) is 2.82. The zero-order chi connectivity index (χ0) is 21.0. The van der Waals surface area contributed by atoms with Gasteiger partial charge >= 0.3 is 0 Å². The van der Waals surface area contributed by atoms with Gasteiger partial charge in [0.1, 0.15) is 5.75 Å². The Balaban J connectivity index is 2.05. The molecule has 0 saturated heterocycles. The molecule has 0 aromatic heterocycles. The second-order valence-electron chi connectivity index (χ2n) is 7.02. The zero-order valence-corrected chi connectivity index (χ0v) is 17.1. The molecule has 4 rings (SSSR count). The highest BCUT2D eigenvalue weighted by Gasteiger charge is 2.40. The van der Waals surface area contributed by atoms with E-state index in [1.54, 1.807) is 24.3 Å². The maximum atomic E-state index is 15.0. The van der Waals surface area contributed by atoms with E-state index in [4.69, 9.17) is 0 Å². The van der Waals surface area contributed by atoms with Gasteiger partial charge in [0.05, 0.1) is 17.3 Å². The molecule has 1 unspecified atom stereocenters. The molecule has 0 heterocycles. The van der Waals surface area contributed by atoms with E-state index in [1.807, 2.05) is 84.9 Å². The molecule has 0 aliphatic carbocycles. The molecule has 0 fully saturated rings. The minimum absolute atomic E-state index is 0.0962. The molecule has 4 heteroatoms. The molecule has 0 aliphatic rings. The molecule has 0 aliphatic heterocycles. The predicted molar refractivity (Wildman–Crippen MR) is 121 cm³/mol. The van der Waals surface area contributed by atoms with Crippen molar-refractivity contribution in [2.45, 2.75) is 5.66 Å². The minimum Gasteiger partial charge on any atom is -0.508 e. The molecule has 0 bridgehead atoms. The van der Waals surface area contributed by atoms with Crippen molar-refractivity contribution >= 4 is 17.8 Å². The van der Waals surface area contributed by atoms with Gasteiger partial charge in [0.2, 0.25) is 0 Å². The Hall–Kier alpha value is -3.60. The van der Waals surface area contributed by atoms with E-state index in [-0.39, 0.29) is 5.75 Å². The molecule has 3 nitrogen and oxygen atoms in total. The summed E-state index contributed by atoms with van der Waals surface area (Å²) in [5, 5.41) is 21.4. The molecule has 30 heavy (non-hydrogen) atoms. The zero-order valence-electron chi connectivity index (χ0n) is 16.2. The quantitative estimate of drug-likeness (QED) is 0.451. The smallest absolute Gasteiger partial charge is 0.154 e. The standard InChI is InChI=1S/C26H20NO2P/c27-19-20-15-17-21(18-16-20)26(24-13-7-8-14-25(24)28)30(29,22-9-3-1-4-10-22)23-11-5-2-6-12-23/h1-18,26,28H. The molecular weight excluding hydrogens is 389 g/mol. The van der Waals surface area contributed by atoms with Crippen molar-refractivity contribution in [2.75, 3.05) is 0 Å². The molecule has 0 radical (unpaired) electrons. The van der Waals surface area contributed by atoms with Crippen LogP contribution < -0.4 is 10.6 Å². The molecule has 0 spiro atoms. The minimum atomic E-state index is -3.27. The van der Waals surface area contributed by atoms with Crippen LogP contribution in [0.15, 0.2) is 109 Å². The van der Waals surface area contributed by atoms with E-state index in [9.17, 15) is 10.4 Å². The van der Waals surface area contributed by atoms with Crippen molar-refractivity contribution in [3.8, 4) is 11.8 Å². The summed E-state index contributed by atoms with van der Waals surface area (Å²) in [4.78, 5) is 0. The highest BCUT2D eigenvalue weighted by atomic mass is 31.2. The lowest BCUT2D eigenvalue weighted by Crippen LogP contribution is -2.22. The van der Waals surface area contributed by atoms with Gasteiger partial charge in [-0.05, 0) is 23.8 Å². The fraction of sp³-hybridized carbons (Fsp3) is 0.0385. The molecule has 4 aromatic rings. The lowest BCUT2D eigenvalue weighted by atomic mass is 10.0. The Bertz CT molecular complexity index is 1190. The number of phenols is 1. The number of aromatic hydroxyl groups is 1. The number of nitriles is 1. The fourth-order valence-electron chi connectivity index (χ4n) is 3.79. The average molecular weight is 409 g/mol. The molecule has 0 amide bonds. The topological polar surface area (TPSA) is 61.1 Å². The first-order chi connectivity index (χ1) is 14.6. The van der Waals surface area contributed by atoms with Gasteiger partial charge in [-0.15, -0.1) is 0 Å². The molecule has 1 atom stereocenters.